The monoisotopic (exact) mass is 269 g/mol. The van der Waals surface area contributed by atoms with Crippen molar-refractivity contribution < 1.29 is 15.0 Å². The van der Waals surface area contributed by atoms with Gasteiger partial charge in [-0.2, -0.15) is 0 Å². The Kier molecular flexibility index (Phi) is 5.19. The second kappa shape index (κ2) is 6.22. The van der Waals surface area contributed by atoms with E-state index in [1.807, 2.05) is 19.9 Å². The van der Waals surface area contributed by atoms with E-state index in [9.17, 15) is 15.0 Å². The molecule has 4 N–H and O–H groups in total. The maximum absolute atomic E-state index is 10.8. The lowest BCUT2D eigenvalue weighted by molar-refractivity contribution is -0.109. The van der Waals surface area contributed by atoms with Gasteiger partial charge in [0.05, 0.1) is 6.10 Å². The minimum atomic E-state index is -1.07. The highest BCUT2D eigenvalue weighted by Crippen LogP contribution is 2.28. The average Bonchev–Trinajstić information content (AvgIpc) is 2.29. The molecule has 0 aliphatic heterocycles. The summed E-state index contributed by atoms with van der Waals surface area (Å²) in [5.74, 6) is 0.156. The van der Waals surface area contributed by atoms with Crippen LogP contribution in [0.2, 0.25) is 0 Å². The Labute approximate surface area is 111 Å². The van der Waals surface area contributed by atoms with Gasteiger partial charge >= 0.3 is 0 Å². The van der Waals surface area contributed by atoms with E-state index in [1.54, 1.807) is 6.07 Å². The maximum atomic E-state index is 10.8. The van der Waals surface area contributed by atoms with Crippen LogP contribution in [0.15, 0.2) is 12.1 Å². The minimum Gasteiger partial charge on any atom is -0.398 e. The molecule has 2 atom stereocenters. The van der Waals surface area contributed by atoms with E-state index in [2.05, 4.69) is 0 Å². The summed E-state index contributed by atoms with van der Waals surface area (Å²) in [5.41, 5.74) is 8.75. The number of carbonyl (C=O) groups excluding carboxylic acids is 1. The van der Waals surface area contributed by atoms with Crippen LogP contribution in [-0.2, 0) is 4.79 Å². The van der Waals surface area contributed by atoms with Gasteiger partial charge in [0, 0.05) is 23.9 Å². The van der Waals surface area contributed by atoms with Gasteiger partial charge in [0.25, 0.3) is 0 Å². The number of thioether (sulfide) groups is 1. The van der Waals surface area contributed by atoms with Crippen LogP contribution in [0.3, 0.4) is 0 Å². The van der Waals surface area contributed by atoms with Crippen LogP contribution < -0.4 is 5.73 Å². The van der Waals surface area contributed by atoms with Crippen molar-refractivity contribution in [2.24, 2.45) is 0 Å². The number of nitrogen functional groups attached to an aromatic ring is 1. The smallest absolute Gasteiger partial charge is 0.185 e. The zero-order valence-electron chi connectivity index (χ0n) is 10.8. The summed E-state index contributed by atoms with van der Waals surface area (Å²) < 4.78 is 0. The molecular weight excluding hydrogens is 250 g/mol. The highest BCUT2D eigenvalue weighted by molar-refractivity contribution is 8.13. The summed E-state index contributed by atoms with van der Waals surface area (Å²) in [5, 5.41) is 19.8. The van der Waals surface area contributed by atoms with Crippen molar-refractivity contribution in [2.75, 3.05) is 11.5 Å². The molecule has 0 spiro atoms. The van der Waals surface area contributed by atoms with E-state index in [1.165, 1.54) is 6.92 Å². The largest absolute Gasteiger partial charge is 0.398 e. The van der Waals surface area contributed by atoms with Gasteiger partial charge < -0.3 is 15.9 Å². The van der Waals surface area contributed by atoms with Gasteiger partial charge in [-0.3, -0.25) is 4.79 Å². The van der Waals surface area contributed by atoms with E-state index in [4.69, 9.17) is 5.73 Å². The molecule has 0 aliphatic carbocycles. The van der Waals surface area contributed by atoms with E-state index in [0.717, 1.165) is 22.9 Å². The van der Waals surface area contributed by atoms with Gasteiger partial charge in [-0.25, -0.2) is 0 Å². The standard InChI is InChI=1S/C13H19NO3S/c1-7-4-8(2)12(14)10(5-7)13(17)11(16)6-18-9(3)15/h4-5,11,13,16-17H,6,14H2,1-3H3. The summed E-state index contributed by atoms with van der Waals surface area (Å²) in [6.07, 6.45) is -2.09. The molecule has 4 nitrogen and oxygen atoms in total. The third-order valence-electron chi connectivity index (χ3n) is 2.70. The minimum absolute atomic E-state index is 0.0883. The van der Waals surface area contributed by atoms with E-state index in [-0.39, 0.29) is 10.9 Å². The molecule has 5 heteroatoms. The molecule has 0 amide bonds. The summed E-state index contributed by atoms with van der Waals surface area (Å²) in [4.78, 5) is 10.8. The maximum Gasteiger partial charge on any atom is 0.185 e. The van der Waals surface area contributed by atoms with Gasteiger partial charge in [0.2, 0.25) is 0 Å². The van der Waals surface area contributed by atoms with Crippen LogP contribution in [0.5, 0.6) is 0 Å². The molecule has 0 aliphatic rings. The van der Waals surface area contributed by atoms with Gasteiger partial charge in [-0.15, -0.1) is 0 Å². The zero-order valence-corrected chi connectivity index (χ0v) is 11.6. The van der Waals surface area contributed by atoms with Gasteiger partial charge in [-0.1, -0.05) is 29.5 Å². The Hall–Kier alpha value is -1.04. The van der Waals surface area contributed by atoms with Gasteiger partial charge in [0.15, 0.2) is 5.12 Å². The topological polar surface area (TPSA) is 83.5 Å². The number of benzene rings is 1. The zero-order chi connectivity index (χ0) is 13.9. The fraction of sp³-hybridized carbons (Fsp3) is 0.462. The summed E-state index contributed by atoms with van der Waals surface area (Å²) in [6, 6.07) is 3.68. The first-order chi connectivity index (χ1) is 8.32. The number of nitrogens with two attached hydrogens (primary N) is 1. The molecule has 2 unspecified atom stereocenters. The molecule has 0 bridgehead atoms. The number of aliphatic hydroxyl groups excluding tert-OH is 2. The molecule has 0 fully saturated rings. The first-order valence-corrected chi connectivity index (χ1v) is 6.67. The molecular formula is C13H19NO3S. The van der Waals surface area contributed by atoms with E-state index >= 15 is 0 Å². The summed E-state index contributed by atoms with van der Waals surface area (Å²) in [7, 11) is 0. The number of hydrogen-bond acceptors (Lipinski definition) is 5. The fourth-order valence-electron chi connectivity index (χ4n) is 1.76. The average molecular weight is 269 g/mol. The van der Waals surface area contributed by atoms with Crippen LogP contribution in [0.4, 0.5) is 5.69 Å². The van der Waals surface area contributed by atoms with Gasteiger partial charge in [-0.05, 0) is 19.4 Å². The van der Waals surface area contributed by atoms with Crippen LogP contribution in [0, 0.1) is 13.8 Å². The third-order valence-corrected chi connectivity index (χ3v) is 3.62. The summed E-state index contributed by atoms with van der Waals surface area (Å²) >= 11 is 0.987. The van der Waals surface area contributed by atoms with E-state index < -0.39 is 12.2 Å². The third kappa shape index (κ3) is 3.73. The molecule has 18 heavy (non-hydrogen) atoms. The highest BCUT2D eigenvalue weighted by atomic mass is 32.2. The van der Waals surface area contributed by atoms with Crippen molar-refractivity contribution in [1.82, 2.24) is 0 Å². The number of carbonyl (C=O) groups is 1. The Balaban J connectivity index is 2.89. The lowest BCUT2D eigenvalue weighted by Crippen LogP contribution is -2.22. The normalized spacial score (nSPS) is 14.3. The van der Waals surface area contributed by atoms with E-state index in [0.29, 0.717) is 11.3 Å². The number of rotatable bonds is 4. The Morgan fingerprint density at radius 1 is 1.39 bits per heavy atom. The van der Waals surface area contributed by atoms with Crippen LogP contribution in [0.1, 0.15) is 29.7 Å². The summed E-state index contributed by atoms with van der Waals surface area (Å²) in [6.45, 7) is 5.18. The Morgan fingerprint density at radius 2 is 2.00 bits per heavy atom. The quantitative estimate of drug-likeness (QED) is 0.722. The van der Waals surface area contributed by atoms with Crippen molar-refractivity contribution in [1.29, 1.82) is 0 Å². The fourth-order valence-corrected chi connectivity index (χ4v) is 2.35. The predicted octanol–water partition coefficient (Wildman–Crippen LogP) is 1.56. The van der Waals surface area contributed by atoms with Crippen LogP contribution in [-0.4, -0.2) is 27.2 Å². The first kappa shape index (κ1) is 15.0. The second-order valence-electron chi connectivity index (χ2n) is 4.40. The lowest BCUT2D eigenvalue weighted by atomic mass is 9.98. The Bertz CT molecular complexity index is 448. The number of anilines is 1. The Morgan fingerprint density at radius 3 is 2.56 bits per heavy atom. The van der Waals surface area contributed by atoms with Crippen LogP contribution >= 0.6 is 11.8 Å². The first-order valence-electron chi connectivity index (χ1n) is 5.69. The lowest BCUT2D eigenvalue weighted by Gasteiger charge is -2.20. The van der Waals surface area contributed by atoms with Crippen molar-refractivity contribution in [3.05, 3.63) is 28.8 Å². The number of aryl methyl sites for hydroxylation is 2. The molecule has 0 heterocycles. The molecule has 1 rings (SSSR count). The molecule has 0 radical (unpaired) electrons. The van der Waals surface area contributed by atoms with Crippen molar-refractivity contribution in [3.63, 3.8) is 0 Å². The van der Waals surface area contributed by atoms with Crippen molar-refractivity contribution >= 4 is 22.6 Å². The number of hydrogen-bond donors (Lipinski definition) is 3. The molecule has 1 aromatic carbocycles. The SMILES string of the molecule is CC(=O)SCC(O)C(O)c1cc(C)cc(C)c1N. The number of aliphatic hydroxyl groups is 2. The van der Waals surface area contributed by atoms with Crippen LogP contribution in [0.25, 0.3) is 0 Å². The predicted molar refractivity (Wildman–Crippen MR) is 74.4 cm³/mol. The molecule has 0 saturated heterocycles. The molecule has 0 saturated carbocycles. The molecule has 0 aromatic heterocycles. The van der Waals surface area contributed by atoms with Crippen molar-refractivity contribution in [3.8, 4) is 0 Å². The molecule has 100 valence electrons. The van der Waals surface area contributed by atoms with Crippen molar-refractivity contribution in [2.45, 2.75) is 33.0 Å². The second-order valence-corrected chi connectivity index (χ2v) is 5.60. The van der Waals surface area contributed by atoms with Gasteiger partial charge in [0.1, 0.15) is 6.10 Å². The molecule has 1 aromatic rings. The highest BCUT2D eigenvalue weighted by Gasteiger charge is 2.22.